The normalized spacial score (nSPS) is 20.8. The maximum absolute atomic E-state index is 5.48. The molecule has 4 nitrogen and oxygen atoms in total. The van der Waals surface area contributed by atoms with E-state index in [2.05, 4.69) is 15.3 Å². The van der Waals surface area contributed by atoms with Crippen LogP contribution in [0.15, 0.2) is 0 Å². The van der Waals surface area contributed by atoms with Gasteiger partial charge in [-0.25, -0.2) is 9.97 Å². The van der Waals surface area contributed by atoms with Crippen molar-refractivity contribution in [3.63, 3.8) is 0 Å². The predicted octanol–water partition coefficient (Wildman–Crippen LogP) is 2.03. The molecule has 1 aromatic rings. The monoisotopic (exact) mass is 221 g/mol. The van der Waals surface area contributed by atoms with Gasteiger partial charge in [0.05, 0.1) is 6.61 Å². The topological polar surface area (TPSA) is 47.0 Å². The summed E-state index contributed by atoms with van der Waals surface area (Å²) in [5.74, 6) is 2.22. The van der Waals surface area contributed by atoms with E-state index in [0.717, 1.165) is 49.0 Å². The number of ether oxygens (including phenoxy) is 1. The third-order valence-corrected chi connectivity index (χ3v) is 3.17. The van der Waals surface area contributed by atoms with Crippen molar-refractivity contribution in [2.24, 2.45) is 0 Å². The van der Waals surface area contributed by atoms with Gasteiger partial charge < -0.3 is 10.1 Å². The molecule has 1 N–H and O–H groups in total. The van der Waals surface area contributed by atoms with E-state index in [1.807, 2.05) is 20.9 Å². The van der Waals surface area contributed by atoms with Crippen molar-refractivity contribution in [3.8, 4) is 0 Å². The Labute approximate surface area is 96.4 Å². The van der Waals surface area contributed by atoms with E-state index in [4.69, 9.17) is 4.74 Å². The molecule has 1 aromatic heterocycles. The molecule has 4 heteroatoms. The summed E-state index contributed by atoms with van der Waals surface area (Å²) in [6.45, 7) is 5.71. The number of hydrogen-bond donors (Lipinski definition) is 1. The summed E-state index contributed by atoms with van der Waals surface area (Å²) in [5, 5.41) is 3.12. The Kier molecular flexibility index (Phi) is 3.39. The van der Waals surface area contributed by atoms with E-state index >= 15 is 0 Å². The minimum atomic E-state index is 0.361. The fourth-order valence-electron chi connectivity index (χ4n) is 2.02. The van der Waals surface area contributed by atoms with E-state index in [-0.39, 0.29) is 0 Å². The second-order valence-electron chi connectivity index (χ2n) is 4.30. The van der Waals surface area contributed by atoms with Gasteiger partial charge in [0.1, 0.15) is 11.6 Å². The summed E-state index contributed by atoms with van der Waals surface area (Å²) in [5.41, 5.74) is 2.18. The average molecular weight is 221 g/mol. The molecule has 1 saturated heterocycles. The molecule has 0 bridgehead atoms. The first-order valence-electron chi connectivity index (χ1n) is 5.83. The van der Waals surface area contributed by atoms with E-state index in [9.17, 15) is 0 Å². The summed E-state index contributed by atoms with van der Waals surface area (Å²) in [6.07, 6.45) is 2.24. The van der Waals surface area contributed by atoms with Crippen LogP contribution >= 0.6 is 0 Å². The Hall–Kier alpha value is -1.16. The highest BCUT2D eigenvalue weighted by molar-refractivity contribution is 5.45. The van der Waals surface area contributed by atoms with Crippen LogP contribution in [0.1, 0.15) is 35.8 Å². The Morgan fingerprint density at radius 1 is 1.31 bits per heavy atom. The summed E-state index contributed by atoms with van der Waals surface area (Å²) in [6, 6.07) is 0. The van der Waals surface area contributed by atoms with E-state index in [1.54, 1.807) is 0 Å². The highest BCUT2D eigenvalue weighted by atomic mass is 16.5. The molecule has 1 aliphatic heterocycles. The van der Waals surface area contributed by atoms with Crippen LogP contribution < -0.4 is 5.32 Å². The third kappa shape index (κ3) is 2.16. The van der Waals surface area contributed by atoms with E-state index in [0.29, 0.717) is 5.92 Å². The molecule has 16 heavy (non-hydrogen) atoms. The first-order valence-corrected chi connectivity index (χ1v) is 5.83. The predicted molar refractivity (Wildman–Crippen MR) is 63.8 cm³/mol. The van der Waals surface area contributed by atoms with Crippen LogP contribution in [0.25, 0.3) is 0 Å². The van der Waals surface area contributed by atoms with Gasteiger partial charge in [-0.15, -0.1) is 0 Å². The SMILES string of the molecule is CNc1nc(C2CCCOC2)nc(C)c1C. The van der Waals surface area contributed by atoms with Crippen molar-refractivity contribution in [1.29, 1.82) is 0 Å². The number of aromatic nitrogens is 2. The zero-order valence-corrected chi connectivity index (χ0v) is 10.2. The van der Waals surface area contributed by atoms with Crippen molar-refractivity contribution in [3.05, 3.63) is 17.1 Å². The third-order valence-electron chi connectivity index (χ3n) is 3.17. The molecule has 2 heterocycles. The quantitative estimate of drug-likeness (QED) is 0.830. The van der Waals surface area contributed by atoms with Gasteiger partial charge >= 0.3 is 0 Å². The summed E-state index contributed by atoms with van der Waals surface area (Å²) in [4.78, 5) is 9.15. The summed E-state index contributed by atoms with van der Waals surface area (Å²) in [7, 11) is 1.90. The maximum atomic E-state index is 5.48. The van der Waals surface area contributed by atoms with E-state index < -0.39 is 0 Å². The largest absolute Gasteiger partial charge is 0.381 e. The lowest BCUT2D eigenvalue weighted by molar-refractivity contribution is 0.0780. The minimum Gasteiger partial charge on any atom is -0.381 e. The molecular formula is C12H19N3O. The second kappa shape index (κ2) is 4.78. The Balaban J connectivity index is 2.29. The van der Waals surface area contributed by atoms with Crippen LogP contribution in [-0.4, -0.2) is 30.2 Å². The van der Waals surface area contributed by atoms with Crippen LogP contribution in [0, 0.1) is 13.8 Å². The molecule has 0 saturated carbocycles. The van der Waals surface area contributed by atoms with Crippen LogP contribution in [0.5, 0.6) is 0 Å². The smallest absolute Gasteiger partial charge is 0.136 e. The first kappa shape index (κ1) is 11.3. The lowest BCUT2D eigenvalue weighted by atomic mass is 10.0. The summed E-state index contributed by atoms with van der Waals surface area (Å²) < 4.78 is 5.48. The number of anilines is 1. The molecule has 0 amide bonds. The van der Waals surface area contributed by atoms with Gasteiger partial charge in [0.2, 0.25) is 0 Å². The molecule has 1 unspecified atom stereocenters. The van der Waals surface area contributed by atoms with Crippen LogP contribution in [0.4, 0.5) is 5.82 Å². The standard InChI is InChI=1S/C12H19N3O/c1-8-9(2)14-12(15-11(8)13-3)10-5-4-6-16-7-10/h10H,4-7H2,1-3H3,(H,13,14,15). The Morgan fingerprint density at radius 2 is 2.12 bits per heavy atom. The average Bonchev–Trinajstić information content (AvgIpc) is 2.33. The van der Waals surface area contributed by atoms with Gasteiger partial charge in [-0.2, -0.15) is 0 Å². The fraction of sp³-hybridized carbons (Fsp3) is 0.667. The zero-order chi connectivity index (χ0) is 11.5. The molecule has 1 atom stereocenters. The molecular weight excluding hydrogens is 202 g/mol. The van der Waals surface area contributed by atoms with E-state index in [1.165, 1.54) is 0 Å². The molecule has 0 aromatic carbocycles. The highest BCUT2D eigenvalue weighted by Gasteiger charge is 2.20. The first-order chi connectivity index (χ1) is 7.72. The molecule has 0 aliphatic carbocycles. The van der Waals surface area contributed by atoms with Crippen LogP contribution in [0.3, 0.4) is 0 Å². The van der Waals surface area contributed by atoms with Crippen molar-refractivity contribution in [2.75, 3.05) is 25.6 Å². The maximum Gasteiger partial charge on any atom is 0.136 e. The number of aryl methyl sites for hydroxylation is 1. The Bertz CT molecular complexity index is 373. The van der Waals surface area contributed by atoms with Crippen molar-refractivity contribution >= 4 is 5.82 Å². The van der Waals surface area contributed by atoms with Gasteiger partial charge in [0.15, 0.2) is 0 Å². The number of rotatable bonds is 2. The van der Waals surface area contributed by atoms with Gasteiger partial charge in [0, 0.05) is 30.8 Å². The lowest BCUT2D eigenvalue weighted by Crippen LogP contribution is -2.19. The van der Waals surface area contributed by atoms with Crippen molar-refractivity contribution in [1.82, 2.24) is 9.97 Å². The van der Waals surface area contributed by atoms with Crippen molar-refractivity contribution < 1.29 is 4.74 Å². The molecule has 1 aliphatic rings. The summed E-state index contributed by atoms with van der Waals surface area (Å²) >= 11 is 0. The number of nitrogens with one attached hydrogen (secondary N) is 1. The van der Waals surface area contributed by atoms with Crippen LogP contribution in [-0.2, 0) is 4.74 Å². The van der Waals surface area contributed by atoms with Crippen LogP contribution in [0.2, 0.25) is 0 Å². The highest BCUT2D eigenvalue weighted by Crippen LogP contribution is 2.25. The number of hydrogen-bond acceptors (Lipinski definition) is 4. The van der Waals surface area contributed by atoms with Gasteiger partial charge in [-0.05, 0) is 26.7 Å². The molecule has 88 valence electrons. The molecule has 0 radical (unpaired) electrons. The fourth-order valence-corrected chi connectivity index (χ4v) is 2.02. The molecule has 1 fully saturated rings. The Morgan fingerprint density at radius 3 is 2.75 bits per heavy atom. The van der Waals surface area contributed by atoms with Crippen molar-refractivity contribution in [2.45, 2.75) is 32.6 Å². The van der Waals surface area contributed by atoms with Gasteiger partial charge in [-0.1, -0.05) is 0 Å². The minimum absolute atomic E-state index is 0.361. The van der Waals surface area contributed by atoms with Gasteiger partial charge in [-0.3, -0.25) is 0 Å². The number of nitrogens with zero attached hydrogens (tertiary/aromatic N) is 2. The van der Waals surface area contributed by atoms with Gasteiger partial charge in [0.25, 0.3) is 0 Å². The zero-order valence-electron chi connectivity index (χ0n) is 10.2. The second-order valence-corrected chi connectivity index (χ2v) is 4.30. The molecule has 2 rings (SSSR count). The molecule has 0 spiro atoms. The lowest BCUT2D eigenvalue weighted by Gasteiger charge is -2.22.